The summed E-state index contributed by atoms with van der Waals surface area (Å²) in [6, 6.07) is 0.983. The summed E-state index contributed by atoms with van der Waals surface area (Å²) >= 11 is 5.74. The van der Waals surface area contributed by atoms with Crippen molar-refractivity contribution >= 4 is 22.9 Å². The van der Waals surface area contributed by atoms with Crippen LogP contribution in [0, 0.1) is 0 Å². The average Bonchev–Trinajstić information content (AvgIpc) is 2.87. The molecule has 5 nitrogen and oxygen atoms in total. The third-order valence-corrected chi connectivity index (χ3v) is 3.05. The topological polar surface area (TPSA) is 42.7 Å². The molecule has 0 N–H and O–H groups in total. The SMILES string of the molecule is COCCN(CCCl)c1nccn2nc(C(F)(F)F)cc12. The molecule has 0 unspecified atom stereocenters. The molecule has 0 aliphatic heterocycles. The van der Waals surface area contributed by atoms with Gasteiger partial charge in [0, 0.05) is 44.5 Å². The number of rotatable bonds is 6. The Morgan fingerprint density at radius 3 is 2.76 bits per heavy atom. The van der Waals surface area contributed by atoms with E-state index in [0.717, 1.165) is 6.07 Å². The van der Waals surface area contributed by atoms with E-state index in [0.29, 0.717) is 31.4 Å². The van der Waals surface area contributed by atoms with Crippen LogP contribution in [0.15, 0.2) is 18.5 Å². The number of alkyl halides is 4. The summed E-state index contributed by atoms with van der Waals surface area (Å²) in [6.07, 6.45) is -1.71. The maximum atomic E-state index is 12.8. The Morgan fingerprint density at radius 2 is 2.14 bits per heavy atom. The normalized spacial score (nSPS) is 12.0. The number of aromatic nitrogens is 3. The van der Waals surface area contributed by atoms with Gasteiger partial charge in [-0.1, -0.05) is 0 Å². The van der Waals surface area contributed by atoms with E-state index in [-0.39, 0.29) is 5.52 Å². The Hall–Kier alpha value is -1.54. The van der Waals surface area contributed by atoms with Gasteiger partial charge >= 0.3 is 6.18 Å². The van der Waals surface area contributed by atoms with Crippen molar-refractivity contribution < 1.29 is 17.9 Å². The van der Waals surface area contributed by atoms with Gasteiger partial charge in [-0.3, -0.25) is 0 Å². The van der Waals surface area contributed by atoms with Crippen LogP contribution in [-0.4, -0.2) is 47.3 Å². The number of nitrogens with zero attached hydrogens (tertiary/aromatic N) is 4. The van der Waals surface area contributed by atoms with E-state index in [9.17, 15) is 13.2 Å². The van der Waals surface area contributed by atoms with Crippen molar-refractivity contribution in [2.75, 3.05) is 37.6 Å². The van der Waals surface area contributed by atoms with Crippen molar-refractivity contribution in [2.24, 2.45) is 0 Å². The molecule has 21 heavy (non-hydrogen) atoms. The fourth-order valence-corrected chi connectivity index (χ4v) is 2.12. The van der Waals surface area contributed by atoms with Crippen LogP contribution < -0.4 is 4.90 Å². The molecule has 0 aromatic carbocycles. The largest absolute Gasteiger partial charge is 0.435 e. The van der Waals surface area contributed by atoms with Gasteiger partial charge in [0.25, 0.3) is 0 Å². The van der Waals surface area contributed by atoms with Crippen LogP contribution in [0.1, 0.15) is 5.69 Å². The highest BCUT2D eigenvalue weighted by molar-refractivity contribution is 6.18. The highest BCUT2D eigenvalue weighted by Crippen LogP contribution is 2.30. The molecule has 2 aromatic rings. The summed E-state index contributed by atoms with van der Waals surface area (Å²) in [5, 5.41) is 3.53. The number of ether oxygens (including phenoxy) is 1. The Morgan fingerprint density at radius 1 is 1.38 bits per heavy atom. The molecule has 0 radical (unpaired) electrons. The maximum Gasteiger partial charge on any atom is 0.435 e. The minimum absolute atomic E-state index is 0.283. The van der Waals surface area contributed by atoms with Crippen LogP contribution in [0.4, 0.5) is 19.0 Å². The Balaban J connectivity index is 2.44. The Kier molecular flexibility index (Phi) is 4.89. The monoisotopic (exact) mass is 322 g/mol. The van der Waals surface area contributed by atoms with E-state index in [1.807, 2.05) is 0 Å². The van der Waals surface area contributed by atoms with E-state index >= 15 is 0 Å². The van der Waals surface area contributed by atoms with Gasteiger partial charge in [0.15, 0.2) is 11.5 Å². The second-order valence-corrected chi connectivity index (χ2v) is 4.65. The first-order valence-corrected chi connectivity index (χ1v) is 6.72. The zero-order valence-electron chi connectivity index (χ0n) is 11.3. The summed E-state index contributed by atoms with van der Waals surface area (Å²) < 4.78 is 44.4. The number of hydrogen-bond donors (Lipinski definition) is 0. The number of anilines is 1. The molecule has 0 amide bonds. The molecular weight excluding hydrogens is 309 g/mol. The third kappa shape index (κ3) is 3.56. The first kappa shape index (κ1) is 15.8. The molecule has 0 saturated heterocycles. The second-order valence-electron chi connectivity index (χ2n) is 4.28. The molecular formula is C12H14ClF3N4O. The number of methoxy groups -OCH3 is 1. The van der Waals surface area contributed by atoms with E-state index in [4.69, 9.17) is 16.3 Å². The fraction of sp³-hybridized carbons (Fsp3) is 0.500. The Bertz CT molecular complexity index is 602. The lowest BCUT2D eigenvalue weighted by atomic mass is 10.3. The molecule has 0 fully saturated rings. The number of halogens is 4. The van der Waals surface area contributed by atoms with Crippen molar-refractivity contribution in [1.82, 2.24) is 14.6 Å². The molecule has 2 rings (SSSR count). The summed E-state index contributed by atoms with van der Waals surface area (Å²) in [7, 11) is 1.55. The van der Waals surface area contributed by atoms with Crippen LogP contribution in [0.25, 0.3) is 5.52 Å². The van der Waals surface area contributed by atoms with Crippen molar-refractivity contribution in [1.29, 1.82) is 0 Å². The molecule has 0 saturated carbocycles. The highest BCUT2D eigenvalue weighted by Gasteiger charge is 2.34. The van der Waals surface area contributed by atoms with Gasteiger partial charge in [-0.25, -0.2) is 9.50 Å². The zero-order valence-corrected chi connectivity index (χ0v) is 12.0. The van der Waals surface area contributed by atoms with Crippen molar-refractivity contribution in [3.8, 4) is 0 Å². The minimum Gasteiger partial charge on any atom is -0.383 e. The lowest BCUT2D eigenvalue weighted by Gasteiger charge is -2.22. The van der Waals surface area contributed by atoms with Crippen LogP contribution in [0.3, 0.4) is 0 Å². The number of hydrogen-bond acceptors (Lipinski definition) is 4. The molecule has 116 valence electrons. The van der Waals surface area contributed by atoms with Crippen LogP contribution in [0.2, 0.25) is 0 Å². The molecule has 2 heterocycles. The van der Waals surface area contributed by atoms with Crippen LogP contribution in [-0.2, 0) is 10.9 Å². The standard InChI is InChI=1S/C12H14ClF3N4O/c1-21-7-6-19(4-2-13)11-9-8-10(12(14,15)16)18-20(9)5-3-17-11/h3,5,8H,2,4,6-7H2,1H3. The van der Waals surface area contributed by atoms with E-state index in [1.165, 1.54) is 16.9 Å². The summed E-state index contributed by atoms with van der Waals surface area (Å²) in [6.45, 7) is 1.34. The molecule has 0 aliphatic rings. The smallest absolute Gasteiger partial charge is 0.383 e. The van der Waals surface area contributed by atoms with Crippen molar-refractivity contribution in [3.05, 3.63) is 24.2 Å². The predicted molar refractivity (Wildman–Crippen MR) is 72.8 cm³/mol. The van der Waals surface area contributed by atoms with Gasteiger partial charge in [-0.15, -0.1) is 11.6 Å². The van der Waals surface area contributed by atoms with Gasteiger partial charge in [-0.05, 0) is 0 Å². The van der Waals surface area contributed by atoms with E-state index in [1.54, 1.807) is 12.0 Å². The fourth-order valence-electron chi connectivity index (χ4n) is 1.92. The van der Waals surface area contributed by atoms with E-state index in [2.05, 4.69) is 10.1 Å². The summed E-state index contributed by atoms with van der Waals surface area (Å²) in [5.74, 6) is 0.727. The van der Waals surface area contributed by atoms with Crippen LogP contribution >= 0.6 is 11.6 Å². The lowest BCUT2D eigenvalue weighted by Crippen LogP contribution is -2.30. The summed E-state index contributed by atoms with van der Waals surface area (Å²) in [5.41, 5.74) is -0.666. The number of fused-ring (bicyclic) bond motifs is 1. The molecule has 0 aliphatic carbocycles. The van der Waals surface area contributed by atoms with Crippen molar-refractivity contribution in [3.63, 3.8) is 0 Å². The first-order chi connectivity index (χ1) is 9.97. The first-order valence-electron chi connectivity index (χ1n) is 6.19. The quantitative estimate of drug-likeness (QED) is 0.766. The maximum absolute atomic E-state index is 12.8. The molecule has 0 spiro atoms. The van der Waals surface area contributed by atoms with Gasteiger partial charge in [0.2, 0.25) is 0 Å². The predicted octanol–water partition coefficient (Wildman–Crippen LogP) is 2.44. The van der Waals surface area contributed by atoms with E-state index < -0.39 is 11.9 Å². The molecule has 2 aromatic heterocycles. The van der Waals surface area contributed by atoms with Crippen molar-refractivity contribution in [2.45, 2.75) is 6.18 Å². The summed E-state index contributed by atoms with van der Waals surface area (Å²) in [4.78, 5) is 5.93. The van der Waals surface area contributed by atoms with Gasteiger partial charge in [0.1, 0.15) is 5.52 Å². The third-order valence-electron chi connectivity index (χ3n) is 2.88. The van der Waals surface area contributed by atoms with Crippen LogP contribution in [0.5, 0.6) is 0 Å². The molecule has 0 atom stereocenters. The molecule has 0 bridgehead atoms. The van der Waals surface area contributed by atoms with Gasteiger partial charge in [0.05, 0.1) is 6.61 Å². The highest BCUT2D eigenvalue weighted by atomic mass is 35.5. The molecule has 9 heteroatoms. The zero-order chi connectivity index (χ0) is 15.5. The second kappa shape index (κ2) is 6.48. The minimum atomic E-state index is -4.49. The lowest BCUT2D eigenvalue weighted by molar-refractivity contribution is -0.141. The van der Waals surface area contributed by atoms with Gasteiger partial charge in [-0.2, -0.15) is 18.3 Å². The Labute approximate surface area is 124 Å². The average molecular weight is 323 g/mol. The van der Waals surface area contributed by atoms with Gasteiger partial charge < -0.3 is 9.64 Å².